The summed E-state index contributed by atoms with van der Waals surface area (Å²) in [6.07, 6.45) is -1.40. The Morgan fingerprint density at radius 3 is 2.86 bits per heavy atom. The third-order valence-corrected chi connectivity index (χ3v) is 2.20. The Bertz CT molecular complexity index is 250. The molecule has 1 rings (SSSR count). The summed E-state index contributed by atoms with van der Waals surface area (Å²) < 4.78 is 30.3. The number of esters is 1. The molecule has 1 aliphatic rings. The summed E-state index contributed by atoms with van der Waals surface area (Å²) in [5.74, 6) is -5.43. The van der Waals surface area contributed by atoms with Crippen LogP contribution < -0.4 is 0 Å². The number of Topliss-reactive ketones (excluding diaryl/α,β-unsaturated/α-hetero) is 1. The van der Waals surface area contributed by atoms with Crippen LogP contribution in [-0.4, -0.2) is 24.3 Å². The first-order valence-electron chi connectivity index (χ1n) is 4.53. The highest BCUT2D eigenvalue weighted by atomic mass is 19.3. The molecule has 1 fully saturated rings. The maximum absolute atomic E-state index is 12.9. The van der Waals surface area contributed by atoms with E-state index in [-0.39, 0.29) is 13.0 Å². The SMILES string of the molecule is CCOC(=O)[C@@H]1CC(F)(F)CCC1=O. The van der Waals surface area contributed by atoms with Crippen LogP contribution in [-0.2, 0) is 14.3 Å². The lowest BCUT2D eigenvalue weighted by atomic mass is 9.85. The third kappa shape index (κ3) is 2.49. The molecule has 0 amide bonds. The van der Waals surface area contributed by atoms with Gasteiger partial charge in [0.25, 0.3) is 0 Å². The number of alkyl halides is 2. The van der Waals surface area contributed by atoms with Crippen molar-refractivity contribution in [2.45, 2.75) is 32.1 Å². The lowest BCUT2D eigenvalue weighted by Crippen LogP contribution is -2.38. The van der Waals surface area contributed by atoms with E-state index in [1.54, 1.807) is 6.92 Å². The van der Waals surface area contributed by atoms with E-state index in [4.69, 9.17) is 0 Å². The molecule has 0 aromatic rings. The first kappa shape index (κ1) is 11.1. The predicted molar refractivity (Wildman–Crippen MR) is 43.9 cm³/mol. The highest BCUT2D eigenvalue weighted by Gasteiger charge is 2.44. The van der Waals surface area contributed by atoms with Crippen LogP contribution in [0.5, 0.6) is 0 Å². The highest BCUT2D eigenvalue weighted by molar-refractivity contribution is 5.99. The molecule has 1 atom stereocenters. The number of rotatable bonds is 2. The van der Waals surface area contributed by atoms with Crippen LogP contribution in [0.15, 0.2) is 0 Å². The molecule has 0 spiro atoms. The lowest BCUT2D eigenvalue weighted by Gasteiger charge is -2.26. The van der Waals surface area contributed by atoms with Crippen molar-refractivity contribution in [3.63, 3.8) is 0 Å². The van der Waals surface area contributed by atoms with E-state index in [2.05, 4.69) is 4.74 Å². The quantitative estimate of drug-likeness (QED) is 0.508. The highest BCUT2D eigenvalue weighted by Crippen LogP contribution is 2.35. The zero-order chi connectivity index (χ0) is 10.8. The molecule has 0 aromatic carbocycles. The van der Waals surface area contributed by atoms with Gasteiger partial charge in [0.15, 0.2) is 0 Å². The molecule has 0 saturated heterocycles. The molecule has 0 aromatic heterocycles. The molecule has 0 heterocycles. The summed E-state index contributed by atoms with van der Waals surface area (Å²) in [6.45, 7) is 1.68. The molecule has 14 heavy (non-hydrogen) atoms. The molecule has 3 nitrogen and oxygen atoms in total. The lowest BCUT2D eigenvalue weighted by molar-refractivity contribution is -0.160. The van der Waals surface area contributed by atoms with Crippen LogP contribution in [0.1, 0.15) is 26.2 Å². The van der Waals surface area contributed by atoms with E-state index in [0.717, 1.165) is 0 Å². The average molecular weight is 206 g/mol. The minimum Gasteiger partial charge on any atom is -0.465 e. The summed E-state index contributed by atoms with van der Waals surface area (Å²) in [6, 6.07) is 0. The van der Waals surface area contributed by atoms with Gasteiger partial charge in [0.05, 0.1) is 6.61 Å². The van der Waals surface area contributed by atoms with Crippen molar-refractivity contribution in [2.75, 3.05) is 6.61 Å². The minimum atomic E-state index is -2.91. The van der Waals surface area contributed by atoms with E-state index in [1.165, 1.54) is 0 Å². The Morgan fingerprint density at radius 1 is 1.64 bits per heavy atom. The third-order valence-electron chi connectivity index (χ3n) is 2.20. The monoisotopic (exact) mass is 206 g/mol. The van der Waals surface area contributed by atoms with Gasteiger partial charge in [-0.2, -0.15) is 0 Å². The van der Waals surface area contributed by atoms with Gasteiger partial charge in [0.1, 0.15) is 11.7 Å². The fourth-order valence-corrected chi connectivity index (χ4v) is 1.45. The second-order valence-corrected chi connectivity index (χ2v) is 3.33. The second-order valence-electron chi connectivity index (χ2n) is 3.33. The van der Waals surface area contributed by atoms with Crippen LogP contribution in [0.3, 0.4) is 0 Å². The van der Waals surface area contributed by atoms with E-state index >= 15 is 0 Å². The Morgan fingerprint density at radius 2 is 2.29 bits per heavy atom. The summed E-state index contributed by atoms with van der Waals surface area (Å²) in [7, 11) is 0. The van der Waals surface area contributed by atoms with Crippen molar-refractivity contribution >= 4 is 11.8 Å². The van der Waals surface area contributed by atoms with Gasteiger partial charge in [0.2, 0.25) is 5.92 Å². The van der Waals surface area contributed by atoms with Gasteiger partial charge in [-0.3, -0.25) is 9.59 Å². The van der Waals surface area contributed by atoms with Crippen molar-refractivity contribution in [2.24, 2.45) is 5.92 Å². The van der Waals surface area contributed by atoms with Crippen LogP contribution in [0.25, 0.3) is 0 Å². The van der Waals surface area contributed by atoms with Gasteiger partial charge in [-0.15, -0.1) is 0 Å². The van der Waals surface area contributed by atoms with Crippen LogP contribution >= 0.6 is 0 Å². The van der Waals surface area contributed by atoms with Gasteiger partial charge in [-0.1, -0.05) is 0 Å². The first-order chi connectivity index (χ1) is 6.46. The van der Waals surface area contributed by atoms with Crippen LogP contribution in [0.2, 0.25) is 0 Å². The summed E-state index contributed by atoms with van der Waals surface area (Å²) in [5, 5.41) is 0. The standard InChI is InChI=1S/C9H12F2O3/c1-2-14-8(13)6-5-9(10,11)4-3-7(6)12/h6H,2-5H2,1H3/t6-/m1/s1. The Hall–Kier alpha value is -1.00. The van der Waals surface area contributed by atoms with Gasteiger partial charge in [-0.25, -0.2) is 8.78 Å². The molecule has 0 bridgehead atoms. The molecule has 0 N–H and O–H groups in total. The van der Waals surface area contributed by atoms with Crippen molar-refractivity contribution in [3.8, 4) is 0 Å². The normalized spacial score (nSPS) is 25.9. The largest absolute Gasteiger partial charge is 0.465 e. The Kier molecular flexibility index (Phi) is 3.18. The van der Waals surface area contributed by atoms with E-state index < -0.39 is 36.4 Å². The number of hydrogen-bond acceptors (Lipinski definition) is 3. The summed E-state index contributed by atoms with van der Waals surface area (Å²) >= 11 is 0. The van der Waals surface area contributed by atoms with E-state index in [0.29, 0.717) is 0 Å². The topological polar surface area (TPSA) is 43.4 Å². The van der Waals surface area contributed by atoms with Gasteiger partial charge in [0, 0.05) is 19.3 Å². The van der Waals surface area contributed by atoms with Gasteiger partial charge < -0.3 is 4.74 Å². The molecule has 5 heteroatoms. The molecule has 1 aliphatic carbocycles. The molecule has 0 unspecified atom stereocenters. The zero-order valence-electron chi connectivity index (χ0n) is 7.89. The van der Waals surface area contributed by atoms with Crippen LogP contribution in [0, 0.1) is 5.92 Å². The zero-order valence-corrected chi connectivity index (χ0v) is 7.89. The summed E-state index contributed by atoms with van der Waals surface area (Å²) in [5.41, 5.74) is 0. The van der Waals surface area contributed by atoms with Crippen molar-refractivity contribution in [1.82, 2.24) is 0 Å². The van der Waals surface area contributed by atoms with Crippen molar-refractivity contribution in [3.05, 3.63) is 0 Å². The smallest absolute Gasteiger partial charge is 0.316 e. The van der Waals surface area contributed by atoms with E-state index in [9.17, 15) is 18.4 Å². The average Bonchev–Trinajstić information content (AvgIpc) is 2.10. The van der Waals surface area contributed by atoms with E-state index in [1.807, 2.05) is 0 Å². The first-order valence-corrected chi connectivity index (χ1v) is 4.53. The van der Waals surface area contributed by atoms with Crippen LogP contribution in [0.4, 0.5) is 8.78 Å². The second kappa shape index (κ2) is 4.02. The Balaban J connectivity index is 2.66. The maximum Gasteiger partial charge on any atom is 0.316 e. The fourth-order valence-electron chi connectivity index (χ4n) is 1.45. The number of ether oxygens (including phenoxy) is 1. The molecular formula is C9H12F2O3. The Labute approximate surface area is 80.4 Å². The minimum absolute atomic E-state index is 0.105. The molecule has 1 saturated carbocycles. The number of hydrogen-bond donors (Lipinski definition) is 0. The molecule has 80 valence electrons. The number of carbonyl (C=O) groups is 2. The summed E-state index contributed by atoms with van der Waals surface area (Å²) in [4.78, 5) is 22.3. The number of halogens is 2. The molecule has 0 radical (unpaired) electrons. The van der Waals surface area contributed by atoms with Gasteiger partial charge >= 0.3 is 5.97 Å². The molecular weight excluding hydrogens is 194 g/mol. The predicted octanol–water partition coefficient (Wildman–Crippen LogP) is 1.55. The van der Waals surface area contributed by atoms with Crippen molar-refractivity contribution in [1.29, 1.82) is 0 Å². The number of ketones is 1. The van der Waals surface area contributed by atoms with Gasteiger partial charge in [-0.05, 0) is 6.92 Å². The maximum atomic E-state index is 12.9. The fraction of sp³-hybridized carbons (Fsp3) is 0.778. The molecule has 0 aliphatic heterocycles. The number of carbonyl (C=O) groups excluding carboxylic acids is 2. The van der Waals surface area contributed by atoms with Crippen molar-refractivity contribution < 1.29 is 23.1 Å².